The van der Waals surface area contributed by atoms with Crippen LogP contribution in [-0.4, -0.2) is 145 Å². The summed E-state index contributed by atoms with van der Waals surface area (Å²) in [5.41, 5.74) is 0.158. The molecule has 2 aliphatic heterocycles. The Balaban J connectivity index is 1.24. The van der Waals surface area contributed by atoms with E-state index in [0.29, 0.717) is 25.2 Å². The van der Waals surface area contributed by atoms with Crippen molar-refractivity contribution >= 4 is 0 Å². The average Bonchev–Trinajstić information content (AvgIpc) is 3.43. The van der Waals surface area contributed by atoms with E-state index in [4.69, 9.17) is 18.9 Å². The van der Waals surface area contributed by atoms with E-state index in [2.05, 4.69) is 38.7 Å². The average molecular weight is 777 g/mol. The van der Waals surface area contributed by atoms with Crippen LogP contribution in [0.25, 0.3) is 0 Å². The topological polar surface area (TPSA) is 228 Å². The second-order valence-corrected chi connectivity index (χ2v) is 18.2. The van der Waals surface area contributed by atoms with Crippen molar-refractivity contribution in [3.05, 3.63) is 11.6 Å². The third-order valence-electron chi connectivity index (χ3n) is 14.8. The highest BCUT2D eigenvalue weighted by atomic mass is 19.3. The van der Waals surface area contributed by atoms with Crippen molar-refractivity contribution in [2.75, 3.05) is 13.2 Å². The highest BCUT2D eigenvalue weighted by molar-refractivity contribution is 5.28. The molecule has 21 atom stereocenters. The summed E-state index contributed by atoms with van der Waals surface area (Å²) in [7, 11) is 0. The summed E-state index contributed by atoms with van der Waals surface area (Å²) in [6, 6.07) is 0. The molecule has 0 aromatic rings. The van der Waals surface area contributed by atoms with Crippen LogP contribution >= 0.6 is 0 Å². The zero-order valence-corrected chi connectivity index (χ0v) is 32.1. The minimum atomic E-state index is -1.65. The minimum absolute atomic E-state index is 0.0946. The molecule has 9 N–H and O–H groups in total. The molecule has 6 aliphatic rings. The monoisotopic (exact) mass is 776 g/mol. The predicted octanol–water partition coefficient (Wildman–Crippen LogP) is 0.858. The molecular weight excluding hydrogens is 711 g/mol. The van der Waals surface area contributed by atoms with Gasteiger partial charge in [-0.25, -0.2) is 0 Å². The first-order chi connectivity index (χ1) is 25.5. The number of aliphatic hydroxyl groups is 9. The quantitative estimate of drug-likeness (QED) is 0.125. The molecule has 4 aliphatic carbocycles. The van der Waals surface area contributed by atoms with Crippen molar-refractivity contribution in [2.24, 2.45) is 46.3 Å². The van der Waals surface area contributed by atoms with E-state index < -0.39 is 104 Å². The van der Waals surface area contributed by atoms with E-state index in [9.17, 15) is 50.5 Å². The van der Waals surface area contributed by atoms with Gasteiger partial charge in [0.1, 0.15) is 55.4 Å². The van der Waals surface area contributed by atoms with Gasteiger partial charge in [0.2, 0.25) is 0 Å². The fourth-order valence-electron chi connectivity index (χ4n) is 11.7. The number of allylic oxidation sites excluding steroid dienone is 1. The minimum Gasteiger partial charge on any atom is -0.394 e. The maximum absolute atomic E-state index is 12.9. The number of ether oxygens (including phenoxy) is 4. The molecule has 3 saturated carbocycles. The predicted molar refractivity (Wildman–Crippen MR) is 188 cm³/mol. The van der Waals surface area contributed by atoms with Crippen LogP contribution in [0.5, 0.6) is 0 Å². The largest absolute Gasteiger partial charge is 0.394 e. The van der Waals surface area contributed by atoms with E-state index in [1.165, 1.54) is 0 Å². The van der Waals surface area contributed by atoms with Crippen LogP contribution in [0.15, 0.2) is 11.6 Å². The SMILES string of the molecule is CC(C)CCC(O)[C@@H](C)C1C(OC2OC(COF)C(O)C(O)C2O)CC2C3CC=C4CC(OC5OC(CO)C(O)C(O)C5O)CC(O)C4(C)C3CCC21C. The molecule has 15 heteroatoms. The maximum atomic E-state index is 12.9. The Labute approximate surface area is 317 Å². The molecule has 2 saturated heterocycles. The molecule has 0 amide bonds. The van der Waals surface area contributed by atoms with Gasteiger partial charge in [-0.15, -0.1) is 0 Å². The van der Waals surface area contributed by atoms with Crippen LogP contribution in [0.3, 0.4) is 0 Å². The molecule has 6 rings (SSSR count). The number of halogens is 1. The van der Waals surface area contributed by atoms with Crippen molar-refractivity contribution < 1.29 is 74.4 Å². The summed E-state index contributed by atoms with van der Waals surface area (Å²) in [5.74, 6) is 0.363. The van der Waals surface area contributed by atoms with Crippen molar-refractivity contribution in [2.45, 2.75) is 172 Å². The van der Waals surface area contributed by atoms with Crippen molar-refractivity contribution in [3.63, 3.8) is 0 Å². The Hall–Kier alpha value is -0.890. The summed E-state index contributed by atoms with van der Waals surface area (Å²) in [6.45, 7) is 9.42. The lowest BCUT2D eigenvalue weighted by Crippen LogP contribution is -2.60. The Morgan fingerprint density at radius 1 is 0.833 bits per heavy atom. The highest BCUT2D eigenvalue weighted by Gasteiger charge is 2.65. The van der Waals surface area contributed by atoms with Gasteiger partial charge in [-0.2, -0.15) is 4.94 Å². The first kappa shape index (κ1) is 42.7. The molecule has 54 heavy (non-hydrogen) atoms. The first-order valence-corrected chi connectivity index (χ1v) is 20.1. The van der Waals surface area contributed by atoms with Gasteiger partial charge >= 0.3 is 0 Å². The molecule has 0 radical (unpaired) electrons. The molecule has 20 unspecified atom stereocenters. The fourth-order valence-corrected chi connectivity index (χ4v) is 11.7. The summed E-state index contributed by atoms with van der Waals surface area (Å²) in [5, 5.41) is 96.3. The van der Waals surface area contributed by atoms with Gasteiger partial charge in [0.25, 0.3) is 0 Å². The van der Waals surface area contributed by atoms with Gasteiger partial charge in [0, 0.05) is 11.8 Å². The number of rotatable bonds is 12. The number of fused-ring (bicyclic) bond motifs is 5. The van der Waals surface area contributed by atoms with Gasteiger partial charge in [-0.05, 0) is 90.4 Å². The van der Waals surface area contributed by atoms with E-state index in [1.54, 1.807) is 0 Å². The molecule has 0 aromatic carbocycles. The highest BCUT2D eigenvalue weighted by Crippen LogP contribution is 2.68. The van der Waals surface area contributed by atoms with Crippen molar-refractivity contribution in [1.82, 2.24) is 0 Å². The third kappa shape index (κ3) is 7.58. The van der Waals surface area contributed by atoms with E-state index in [-0.39, 0.29) is 41.4 Å². The van der Waals surface area contributed by atoms with E-state index in [1.807, 2.05) is 6.92 Å². The summed E-state index contributed by atoms with van der Waals surface area (Å²) < 4.78 is 37.0. The zero-order chi connectivity index (χ0) is 39.4. The van der Waals surface area contributed by atoms with Gasteiger partial charge in [0.05, 0.1) is 31.0 Å². The Morgan fingerprint density at radius 2 is 1.46 bits per heavy atom. The fraction of sp³-hybridized carbons (Fsp3) is 0.949. The standard InChI is InChI=1S/C39H65FO14/c1-17(2)6-9-24(42)18(3)29-25(52-37-35(49)33(47)31(45)27(54-37)16-50-40)14-23-21-8-7-19-12-20(51-36-34(48)32(46)30(44)26(15-41)53-36)13-28(43)39(19,5)22(21)10-11-38(23,29)4/h7,17-18,20-37,41-49H,6,8-16H2,1-5H3/t18-,20?,21?,22?,23?,24?,25?,26?,27?,28?,29?,30?,31?,32?,33?,34?,35?,36?,37?,38?,39?/m1/s1. The van der Waals surface area contributed by atoms with Crippen LogP contribution in [0, 0.1) is 46.3 Å². The number of hydrogen-bond donors (Lipinski definition) is 9. The maximum Gasteiger partial charge on any atom is 0.186 e. The van der Waals surface area contributed by atoms with Crippen LogP contribution < -0.4 is 0 Å². The lowest BCUT2D eigenvalue weighted by molar-refractivity contribution is -0.326. The van der Waals surface area contributed by atoms with Gasteiger partial charge in [-0.3, -0.25) is 0 Å². The zero-order valence-electron chi connectivity index (χ0n) is 32.1. The molecular formula is C39H65FO14. The lowest BCUT2D eigenvalue weighted by atomic mass is 9.46. The van der Waals surface area contributed by atoms with Crippen LogP contribution in [0.4, 0.5) is 4.53 Å². The van der Waals surface area contributed by atoms with Gasteiger partial charge in [0.15, 0.2) is 12.6 Å². The molecule has 14 nitrogen and oxygen atoms in total. The first-order valence-electron chi connectivity index (χ1n) is 20.1. The molecule has 5 fully saturated rings. The van der Waals surface area contributed by atoms with Crippen molar-refractivity contribution in [1.29, 1.82) is 0 Å². The Bertz CT molecular complexity index is 1290. The number of hydrogen-bond acceptors (Lipinski definition) is 14. The molecule has 0 bridgehead atoms. The summed E-state index contributed by atoms with van der Waals surface area (Å²) >= 11 is 0. The smallest absolute Gasteiger partial charge is 0.186 e. The van der Waals surface area contributed by atoms with Gasteiger partial charge in [-0.1, -0.05) is 46.3 Å². The second-order valence-electron chi connectivity index (χ2n) is 18.2. The normalized spacial score (nSPS) is 50.5. The van der Waals surface area contributed by atoms with E-state index >= 15 is 0 Å². The summed E-state index contributed by atoms with van der Waals surface area (Å²) in [6.07, 6.45) is -9.70. The lowest BCUT2D eigenvalue weighted by Gasteiger charge is -2.60. The molecule has 0 aromatic heterocycles. The van der Waals surface area contributed by atoms with E-state index in [0.717, 1.165) is 31.3 Å². The second kappa shape index (κ2) is 16.8. The van der Waals surface area contributed by atoms with Crippen molar-refractivity contribution in [3.8, 4) is 0 Å². The summed E-state index contributed by atoms with van der Waals surface area (Å²) in [4.78, 5) is 3.72. The molecule has 2 heterocycles. The van der Waals surface area contributed by atoms with Crippen LogP contribution in [0.2, 0.25) is 0 Å². The van der Waals surface area contributed by atoms with Gasteiger partial charge < -0.3 is 64.9 Å². The Morgan fingerprint density at radius 3 is 2.09 bits per heavy atom. The van der Waals surface area contributed by atoms with Crippen LogP contribution in [0.1, 0.15) is 86.0 Å². The third-order valence-corrected chi connectivity index (χ3v) is 14.8. The number of aliphatic hydroxyl groups excluding tert-OH is 9. The Kier molecular flexibility index (Phi) is 13.3. The molecule has 0 spiro atoms. The van der Waals surface area contributed by atoms with Crippen LogP contribution in [-0.2, 0) is 23.9 Å². The molecule has 312 valence electrons.